The highest BCUT2D eigenvalue weighted by Crippen LogP contribution is 2.58. The molecule has 1 aliphatic rings. The quantitative estimate of drug-likeness (QED) is 0.913. The summed E-state index contributed by atoms with van der Waals surface area (Å²) in [5.74, 6) is -3.10. The number of carbonyl (C=O) groups excluding carboxylic acids is 1. The zero-order valence-corrected chi connectivity index (χ0v) is 12.1. The second-order valence-electron chi connectivity index (χ2n) is 6.10. The van der Waals surface area contributed by atoms with Gasteiger partial charge in [-0.15, -0.1) is 0 Å². The molecule has 6 heteroatoms. The van der Waals surface area contributed by atoms with Crippen LogP contribution in [-0.4, -0.2) is 22.0 Å². The number of pyridine rings is 1. The van der Waals surface area contributed by atoms with Crippen LogP contribution in [0.3, 0.4) is 0 Å². The van der Waals surface area contributed by atoms with Crippen LogP contribution in [0.25, 0.3) is 10.9 Å². The summed E-state index contributed by atoms with van der Waals surface area (Å²) in [6, 6.07) is 6.07. The molecule has 0 aliphatic heterocycles. The van der Waals surface area contributed by atoms with Crippen LogP contribution in [0.5, 0.6) is 0 Å². The van der Waals surface area contributed by atoms with Crippen molar-refractivity contribution >= 4 is 28.5 Å². The summed E-state index contributed by atoms with van der Waals surface area (Å²) in [6.07, 6.45) is 1.41. The maximum atomic E-state index is 13.7. The van der Waals surface area contributed by atoms with Gasteiger partial charge in [-0.05, 0) is 17.5 Å². The van der Waals surface area contributed by atoms with Gasteiger partial charge in [0.2, 0.25) is 5.91 Å². The second kappa shape index (κ2) is 4.76. The van der Waals surface area contributed by atoms with E-state index in [0.29, 0.717) is 11.1 Å². The fraction of sp³-hybridized carbons (Fsp3) is 0.312. The van der Waals surface area contributed by atoms with E-state index in [0.717, 1.165) is 0 Å². The number of hydrogen-bond acceptors (Lipinski definition) is 3. The van der Waals surface area contributed by atoms with Crippen molar-refractivity contribution in [3.05, 3.63) is 36.3 Å². The van der Waals surface area contributed by atoms with Crippen molar-refractivity contribution in [2.75, 3.05) is 5.32 Å². The summed E-state index contributed by atoms with van der Waals surface area (Å²) in [6.45, 7) is 3.50. The largest absolute Gasteiger partial charge is 0.481 e. The molecule has 1 saturated carbocycles. The predicted octanol–water partition coefficient (Wildman–Crippen LogP) is 2.67. The Hall–Kier alpha value is -2.50. The molecule has 0 spiro atoms. The summed E-state index contributed by atoms with van der Waals surface area (Å²) >= 11 is 0. The van der Waals surface area contributed by atoms with Gasteiger partial charge in [-0.25, -0.2) is 4.39 Å². The SMILES string of the molecule is CC1(C)[C@@H](C(=O)O)[C@@H]1C(=O)Nc1ccnc2c(F)cccc12. The van der Waals surface area contributed by atoms with Crippen molar-refractivity contribution in [2.24, 2.45) is 17.3 Å². The molecule has 1 heterocycles. The summed E-state index contributed by atoms with van der Waals surface area (Å²) in [5.41, 5.74) is 0.0239. The van der Waals surface area contributed by atoms with Gasteiger partial charge < -0.3 is 10.4 Å². The lowest BCUT2D eigenvalue weighted by Crippen LogP contribution is -2.18. The number of carboxylic acids is 1. The standard InChI is InChI=1S/C16H15FN2O3/c1-16(2)11(12(16)15(21)22)14(20)19-10-6-7-18-13-8(10)4-3-5-9(13)17/h3-7,11-12H,1-2H3,(H,21,22)(H,18,19,20)/t11-,12-/m1/s1. The Morgan fingerprint density at radius 2 is 2.00 bits per heavy atom. The molecule has 1 fully saturated rings. The summed E-state index contributed by atoms with van der Waals surface area (Å²) < 4.78 is 13.7. The Labute approximate surface area is 126 Å². The van der Waals surface area contributed by atoms with E-state index in [9.17, 15) is 14.0 Å². The van der Waals surface area contributed by atoms with Gasteiger partial charge in [0, 0.05) is 11.6 Å². The Morgan fingerprint density at radius 1 is 1.27 bits per heavy atom. The molecule has 22 heavy (non-hydrogen) atoms. The monoisotopic (exact) mass is 302 g/mol. The van der Waals surface area contributed by atoms with Gasteiger partial charge in [0.1, 0.15) is 11.3 Å². The number of carbonyl (C=O) groups is 2. The number of nitrogens with zero attached hydrogens (tertiary/aromatic N) is 1. The average molecular weight is 302 g/mol. The molecule has 0 unspecified atom stereocenters. The molecule has 0 bridgehead atoms. The van der Waals surface area contributed by atoms with E-state index in [2.05, 4.69) is 10.3 Å². The first-order valence-corrected chi connectivity index (χ1v) is 6.91. The van der Waals surface area contributed by atoms with Crippen LogP contribution in [0, 0.1) is 23.1 Å². The summed E-state index contributed by atoms with van der Waals surface area (Å²) in [4.78, 5) is 27.5. The maximum Gasteiger partial charge on any atom is 0.307 e. The van der Waals surface area contributed by atoms with E-state index in [1.165, 1.54) is 18.3 Å². The molecule has 0 saturated heterocycles. The van der Waals surface area contributed by atoms with Gasteiger partial charge in [-0.1, -0.05) is 26.0 Å². The topological polar surface area (TPSA) is 79.3 Å². The van der Waals surface area contributed by atoms with Crippen LogP contribution in [0.15, 0.2) is 30.5 Å². The smallest absolute Gasteiger partial charge is 0.307 e. The highest BCUT2D eigenvalue weighted by Gasteiger charge is 2.65. The van der Waals surface area contributed by atoms with Gasteiger partial charge in [-0.2, -0.15) is 0 Å². The normalized spacial score (nSPS) is 22.3. The molecule has 2 N–H and O–H groups in total. The molecular formula is C16H15FN2O3. The minimum absolute atomic E-state index is 0.171. The number of fused-ring (bicyclic) bond motifs is 1. The van der Waals surface area contributed by atoms with Crippen LogP contribution in [0.1, 0.15) is 13.8 Å². The van der Waals surface area contributed by atoms with Crippen molar-refractivity contribution in [3.63, 3.8) is 0 Å². The first-order chi connectivity index (χ1) is 10.3. The molecule has 1 amide bonds. The Kier molecular flexibility index (Phi) is 3.12. The molecule has 1 aromatic heterocycles. The molecule has 1 aliphatic carbocycles. The lowest BCUT2D eigenvalue weighted by Gasteiger charge is -2.09. The summed E-state index contributed by atoms with van der Waals surface area (Å²) in [7, 11) is 0. The van der Waals surface area contributed by atoms with Crippen LogP contribution in [0.2, 0.25) is 0 Å². The van der Waals surface area contributed by atoms with Crippen LogP contribution < -0.4 is 5.32 Å². The first kappa shape index (κ1) is 14.4. The number of carboxylic acid groups (broad SMARTS) is 1. The van der Waals surface area contributed by atoms with E-state index in [1.54, 1.807) is 26.0 Å². The Morgan fingerprint density at radius 3 is 2.64 bits per heavy atom. The summed E-state index contributed by atoms with van der Waals surface area (Å²) in [5, 5.41) is 12.3. The van der Waals surface area contributed by atoms with Crippen molar-refractivity contribution in [3.8, 4) is 0 Å². The van der Waals surface area contributed by atoms with Gasteiger partial charge >= 0.3 is 5.97 Å². The fourth-order valence-electron chi connectivity index (χ4n) is 3.05. The highest BCUT2D eigenvalue weighted by molar-refractivity contribution is 6.05. The number of rotatable bonds is 3. The van der Waals surface area contributed by atoms with Crippen molar-refractivity contribution < 1.29 is 19.1 Å². The maximum absolute atomic E-state index is 13.7. The molecular weight excluding hydrogens is 287 g/mol. The van der Waals surface area contributed by atoms with Crippen LogP contribution in [-0.2, 0) is 9.59 Å². The number of nitrogens with one attached hydrogen (secondary N) is 1. The van der Waals surface area contributed by atoms with Crippen molar-refractivity contribution in [1.29, 1.82) is 0 Å². The van der Waals surface area contributed by atoms with Gasteiger partial charge in [0.25, 0.3) is 0 Å². The lowest BCUT2D eigenvalue weighted by molar-refractivity contribution is -0.140. The first-order valence-electron chi connectivity index (χ1n) is 6.91. The van der Waals surface area contributed by atoms with Crippen molar-refractivity contribution in [1.82, 2.24) is 4.98 Å². The number of benzene rings is 1. The van der Waals surface area contributed by atoms with E-state index in [-0.39, 0.29) is 11.4 Å². The number of amides is 1. The van der Waals surface area contributed by atoms with Gasteiger partial charge in [-0.3, -0.25) is 14.6 Å². The number of aliphatic carboxylic acids is 1. The van der Waals surface area contributed by atoms with Gasteiger partial charge in [0.15, 0.2) is 0 Å². The molecule has 0 radical (unpaired) electrons. The molecule has 3 rings (SSSR count). The molecule has 5 nitrogen and oxygen atoms in total. The minimum atomic E-state index is -0.976. The third kappa shape index (κ3) is 2.11. The van der Waals surface area contributed by atoms with Gasteiger partial charge in [0.05, 0.1) is 17.5 Å². The number of para-hydroxylation sites is 1. The molecule has 114 valence electrons. The highest BCUT2D eigenvalue weighted by atomic mass is 19.1. The minimum Gasteiger partial charge on any atom is -0.481 e. The number of anilines is 1. The third-order valence-corrected chi connectivity index (χ3v) is 4.36. The average Bonchev–Trinajstić information content (AvgIpc) is 3.03. The second-order valence-corrected chi connectivity index (χ2v) is 6.10. The zero-order chi connectivity index (χ0) is 16.1. The Balaban J connectivity index is 1.90. The van der Waals surface area contributed by atoms with E-state index in [1.807, 2.05) is 0 Å². The Bertz CT molecular complexity index is 788. The number of aromatic nitrogens is 1. The number of halogens is 1. The fourth-order valence-corrected chi connectivity index (χ4v) is 3.05. The molecule has 2 atom stereocenters. The zero-order valence-electron chi connectivity index (χ0n) is 12.1. The van der Waals surface area contributed by atoms with E-state index in [4.69, 9.17) is 5.11 Å². The molecule has 2 aromatic rings. The predicted molar refractivity (Wildman–Crippen MR) is 78.7 cm³/mol. The third-order valence-electron chi connectivity index (χ3n) is 4.36. The van der Waals surface area contributed by atoms with E-state index < -0.39 is 29.0 Å². The number of hydrogen-bond donors (Lipinski definition) is 2. The molecule has 1 aromatic carbocycles. The lowest BCUT2D eigenvalue weighted by atomic mass is 10.1. The van der Waals surface area contributed by atoms with Crippen LogP contribution in [0.4, 0.5) is 10.1 Å². The van der Waals surface area contributed by atoms with E-state index >= 15 is 0 Å². The van der Waals surface area contributed by atoms with Crippen LogP contribution >= 0.6 is 0 Å². The van der Waals surface area contributed by atoms with Crippen molar-refractivity contribution in [2.45, 2.75) is 13.8 Å².